The Kier molecular flexibility index (Phi) is 6.36. The molecule has 1 aliphatic rings. The standard InChI is InChI=1S/C15H26N2O4/c1-5-10(6-2)21-12-7-11(15(19)20)8(3)13(16)14(12)17-9(4)18/h7-8,10,12-14H,5-6,16H2,1-4H3,(H,17,18)(H,19,20)/t8-,12-,13+,14+/m1/s1. The van der Waals surface area contributed by atoms with E-state index in [1.165, 1.54) is 6.92 Å². The Hall–Kier alpha value is -1.40. The van der Waals surface area contributed by atoms with Gasteiger partial charge in [0.25, 0.3) is 0 Å². The highest BCUT2D eigenvalue weighted by molar-refractivity contribution is 5.88. The van der Waals surface area contributed by atoms with Gasteiger partial charge in [-0.25, -0.2) is 4.79 Å². The van der Waals surface area contributed by atoms with E-state index in [2.05, 4.69) is 5.32 Å². The van der Waals surface area contributed by atoms with Crippen LogP contribution in [0.4, 0.5) is 0 Å². The summed E-state index contributed by atoms with van der Waals surface area (Å²) in [6, 6.07) is -0.912. The van der Waals surface area contributed by atoms with E-state index in [0.29, 0.717) is 0 Å². The zero-order valence-corrected chi connectivity index (χ0v) is 13.1. The molecule has 6 heteroatoms. The third-order valence-corrected chi connectivity index (χ3v) is 4.06. The van der Waals surface area contributed by atoms with Gasteiger partial charge in [0.2, 0.25) is 5.91 Å². The molecular formula is C15H26N2O4. The van der Waals surface area contributed by atoms with Crippen molar-refractivity contribution in [2.75, 3.05) is 0 Å². The van der Waals surface area contributed by atoms with Gasteiger partial charge >= 0.3 is 5.97 Å². The maximum Gasteiger partial charge on any atom is 0.331 e. The van der Waals surface area contributed by atoms with Gasteiger partial charge in [-0.2, -0.15) is 0 Å². The molecule has 0 spiro atoms. The Balaban J connectivity index is 3.08. The lowest BCUT2D eigenvalue weighted by Crippen LogP contribution is -2.60. The Bertz CT molecular complexity index is 418. The van der Waals surface area contributed by atoms with Crippen LogP contribution in [0, 0.1) is 5.92 Å². The number of aliphatic carboxylic acids is 1. The van der Waals surface area contributed by atoms with Gasteiger partial charge in [-0.3, -0.25) is 4.79 Å². The van der Waals surface area contributed by atoms with Crippen LogP contribution in [0.2, 0.25) is 0 Å². The van der Waals surface area contributed by atoms with Gasteiger partial charge in [0, 0.05) is 24.5 Å². The molecule has 4 atom stereocenters. The van der Waals surface area contributed by atoms with Crippen LogP contribution in [0.1, 0.15) is 40.5 Å². The fourth-order valence-corrected chi connectivity index (χ4v) is 2.68. The predicted octanol–water partition coefficient (Wildman–Crippen LogP) is 1.05. The smallest absolute Gasteiger partial charge is 0.331 e. The number of nitrogens with two attached hydrogens (primary N) is 1. The summed E-state index contributed by atoms with van der Waals surface area (Å²) >= 11 is 0. The van der Waals surface area contributed by atoms with E-state index >= 15 is 0 Å². The molecule has 0 aromatic heterocycles. The van der Waals surface area contributed by atoms with Crippen LogP contribution < -0.4 is 11.1 Å². The first-order chi connectivity index (χ1) is 9.81. The first kappa shape index (κ1) is 17.7. The molecule has 0 aliphatic heterocycles. The Morgan fingerprint density at radius 2 is 2.00 bits per heavy atom. The van der Waals surface area contributed by atoms with Gasteiger partial charge in [0.1, 0.15) is 0 Å². The second-order valence-corrected chi connectivity index (χ2v) is 5.56. The Labute approximate surface area is 125 Å². The molecule has 1 aliphatic carbocycles. The van der Waals surface area contributed by atoms with E-state index in [-0.39, 0.29) is 23.5 Å². The zero-order chi connectivity index (χ0) is 16.2. The topological polar surface area (TPSA) is 102 Å². The number of hydrogen-bond acceptors (Lipinski definition) is 4. The first-order valence-electron chi connectivity index (χ1n) is 7.44. The van der Waals surface area contributed by atoms with Crippen LogP contribution in [0.5, 0.6) is 0 Å². The molecule has 0 unspecified atom stereocenters. The lowest BCUT2D eigenvalue weighted by molar-refractivity contribution is -0.133. The highest BCUT2D eigenvalue weighted by Gasteiger charge is 2.39. The number of amides is 1. The molecule has 0 saturated carbocycles. The third kappa shape index (κ3) is 4.28. The van der Waals surface area contributed by atoms with Gasteiger partial charge in [0.05, 0.1) is 18.2 Å². The fraction of sp³-hybridized carbons (Fsp3) is 0.733. The lowest BCUT2D eigenvalue weighted by atomic mass is 9.80. The van der Waals surface area contributed by atoms with Crippen molar-refractivity contribution < 1.29 is 19.4 Å². The first-order valence-corrected chi connectivity index (χ1v) is 7.44. The highest BCUT2D eigenvalue weighted by atomic mass is 16.5. The summed E-state index contributed by atoms with van der Waals surface area (Å²) in [6.45, 7) is 7.19. The van der Waals surface area contributed by atoms with E-state index < -0.39 is 24.2 Å². The molecule has 0 heterocycles. The molecule has 0 saturated heterocycles. The second-order valence-electron chi connectivity index (χ2n) is 5.56. The molecule has 21 heavy (non-hydrogen) atoms. The molecule has 4 N–H and O–H groups in total. The summed E-state index contributed by atoms with van der Waals surface area (Å²) in [7, 11) is 0. The average Bonchev–Trinajstić information content (AvgIpc) is 2.42. The highest BCUT2D eigenvalue weighted by Crippen LogP contribution is 2.27. The van der Waals surface area contributed by atoms with Crippen molar-refractivity contribution in [2.24, 2.45) is 11.7 Å². The predicted molar refractivity (Wildman–Crippen MR) is 79.7 cm³/mol. The largest absolute Gasteiger partial charge is 0.478 e. The van der Waals surface area contributed by atoms with Gasteiger partial charge < -0.3 is 20.9 Å². The minimum atomic E-state index is -0.989. The minimum absolute atomic E-state index is 0.0122. The van der Waals surface area contributed by atoms with E-state index in [0.717, 1.165) is 12.8 Å². The summed E-state index contributed by atoms with van der Waals surface area (Å²) in [5.41, 5.74) is 6.40. The Morgan fingerprint density at radius 3 is 2.43 bits per heavy atom. The SMILES string of the molecule is CCC(CC)O[C@@H]1C=C(C(=O)O)[C@@H](C)[C@H](N)[C@H]1NC(C)=O. The molecule has 0 bridgehead atoms. The van der Waals surface area contributed by atoms with E-state index in [1.807, 2.05) is 13.8 Å². The summed E-state index contributed by atoms with van der Waals surface area (Å²) in [5, 5.41) is 12.1. The molecule has 0 radical (unpaired) electrons. The number of ether oxygens (including phenoxy) is 1. The van der Waals surface area contributed by atoms with Crippen LogP contribution in [0.3, 0.4) is 0 Å². The zero-order valence-electron chi connectivity index (χ0n) is 13.1. The molecule has 0 aromatic carbocycles. The third-order valence-electron chi connectivity index (χ3n) is 4.06. The monoisotopic (exact) mass is 298 g/mol. The number of rotatable bonds is 6. The van der Waals surface area contributed by atoms with Crippen LogP contribution >= 0.6 is 0 Å². The normalized spacial score (nSPS) is 29.1. The fourth-order valence-electron chi connectivity index (χ4n) is 2.68. The summed E-state index contributed by atoms with van der Waals surface area (Å²) in [5.74, 6) is -1.54. The molecule has 1 amide bonds. The lowest BCUT2D eigenvalue weighted by Gasteiger charge is -2.39. The number of carbonyl (C=O) groups is 2. The van der Waals surface area contributed by atoms with Crippen molar-refractivity contribution in [3.63, 3.8) is 0 Å². The molecule has 0 aromatic rings. The molecule has 120 valence electrons. The van der Waals surface area contributed by atoms with E-state index in [4.69, 9.17) is 10.5 Å². The van der Waals surface area contributed by atoms with E-state index in [9.17, 15) is 14.7 Å². The van der Waals surface area contributed by atoms with Crippen LogP contribution in [-0.4, -0.2) is 41.3 Å². The van der Waals surface area contributed by atoms with Gasteiger partial charge in [-0.05, 0) is 18.9 Å². The number of carboxylic acids is 1. The molecule has 1 rings (SSSR count). The average molecular weight is 298 g/mol. The van der Waals surface area contributed by atoms with Gasteiger partial charge in [-0.15, -0.1) is 0 Å². The second kappa shape index (κ2) is 7.56. The van der Waals surface area contributed by atoms with Gasteiger partial charge in [0.15, 0.2) is 0 Å². The number of carbonyl (C=O) groups excluding carboxylic acids is 1. The van der Waals surface area contributed by atoms with Crippen LogP contribution in [0.25, 0.3) is 0 Å². The molecule has 0 fully saturated rings. The Morgan fingerprint density at radius 1 is 1.43 bits per heavy atom. The van der Waals surface area contributed by atoms with Crippen molar-refractivity contribution in [1.29, 1.82) is 0 Å². The maximum absolute atomic E-state index is 11.4. The number of carboxylic acid groups (broad SMARTS) is 1. The van der Waals surface area contributed by atoms with E-state index in [1.54, 1.807) is 13.0 Å². The van der Waals surface area contributed by atoms with Crippen molar-refractivity contribution in [3.05, 3.63) is 11.6 Å². The summed E-state index contributed by atoms with van der Waals surface area (Å²) in [6.07, 6.45) is 2.73. The minimum Gasteiger partial charge on any atom is -0.478 e. The van der Waals surface area contributed by atoms with Crippen LogP contribution in [0.15, 0.2) is 11.6 Å². The molecule has 6 nitrogen and oxygen atoms in total. The maximum atomic E-state index is 11.4. The van der Waals surface area contributed by atoms with Gasteiger partial charge in [-0.1, -0.05) is 20.8 Å². The van der Waals surface area contributed by atoms with Crippen molar-refractivity contribution in [3.8, 4) is 0 Å². The van der Waals surface area contributed by atoms with Crippen molar-refractivity contribution >= 4 is 11.9 Å². The molecular weight excluding hydrogens is 272 g/mol. The summed E-state index contributed by atoms with van der Waals surface area (Å²) in [4.78, 5) is 22.7. The summed E-state index contributed by atoms with van der Waals surface area (Å²) < 4.78 is 5.97. The van der Waals surface area contributed by atoms with Crippen molar-refractivity contribution in [2.45, 2.75) is 64.8 Å². The van der Waals surface area contributed by atoms with Crippen LogP contribution in [-0.2, 0) is 14.3 Å². The number of nitrogens with one attached hydrogen (secondary N) is 1. The quantitative estimate of drug-likeness (QED) is 0.680. The number of hydrogen-bond donors (Lipinski definition) is 3. The van der Waals surface area contributed by atoms with Crippen molar-refractivity contribution in [1.82, 2.24) is 5.32 Å².